The Morgan fingerprint density at radius 3 is 2.47 bits per heavy atom. The third kappa shape index (κ3) is 3.44. The fourth-order valence-electron chi connectivity index (χ4n) is 1.98. The molecule has 0 spiro atoms. The van der Waals surface area contributed by atoms with Gasteiger partial charge < -0.3 is 9.84 Å². The fourth-order valence-corrected chi connectivity index (χ4v) is 1.98. The molecule has 0 aliphatic heterocycles. The van der Waals surface area contributed by atoms with Crippen molar-refractivity contribution >= 4 is 18.3 Å². The van der Waals surface area contributed by atoms with E-state index in [4.69, 9.17) is 4.74 Å². The van der Waals surface area contributed by atoms with Crippen LogP contribution >= 0.6 is 0 Å². The fraction of sp³-hybridized carbons (Fsp3) is 0.333. The summed E-state index contributed by atoms with van der Waals surface area (Å²) in [5, 5.41) is 9.24. The van der Waals surface area contributed by atoms with Crippen molar-refractivity contribution in [2.45, 2.75) is 33.8 Å². The van der Waals surface area contributed by atoms with Gasteiger partial charge in [-0.2, -0.15) is 0 Å². The molecule has 0 saturated carbocycles. The topological polar surface area (TPSA) is 63.6 Å². The lowest BCUT2D eigenvalue weighted by molar-refractivity contribution is -0.104. The van der Waals surface area contributed by atoms with Gasteiger partial charge in [-0.3, -0.25) is 4.79 Å². The molecular weight excluding hydrogens is 244 g/mol. The third-order valence-electron chi connectivity index (χ3n) is 2.67. The molecule has 0 radical (unpaired) electrons. The number of allylic oxidation sites excluding steroid dienone is 1. The lowest BCUT2D eigenvalue weighted by Gasteiger charge is -2.18. The molecule has 102 valence electrons. The van der Waals surface area contributed by atoms with E-state index in [2.05, 4.69) is 0 Å². The number of carboxylic acid groups (broad SMARTS) is 1. The van der Waals surface area contributed by atoms with E-state index in [1.807, 2.05) is 13.8 Å². The van der Waals surface area contributed by atoms with Gasteiger partial charge in [0.2, 0.25) is 0 Å². The zero-order chi connectivity index (χ0) is 14.6. The summed E-state index contributed by atoms with van der Waals surface area (Å²) in [7, 11) is 0. The van der Waals surface area contributed by atoms with Crippen LogP contribution in [0.5, 0.6) is 5.75 Å². The summed E-state index contributed by atoms with van der Waals surface area (Å²) in [4.78, 5) is 21.7. The number of hydrogen-bond acceptors (Lipinski definition) is 3. The lowest BCUT2D eigenvalue weighted by Crippen LogP contribution is -2.12. The van der Waals surface area contributed by atoms with E-state index in [9.17, 15) is 14.7 Å². The predicted molar refractivity (Wildman–Crippen MR) is 73.7 cm³/mol. The van der Waals surface area contributed by atoms with Crippen molar-refractivity contribution in [3.8, 4) is 5.75 Å². The van der Waals surface area contributed by atoms with Crippen LogP contribution in [0.1, 0.15) is 40.9 Å². The molecule has 0 fully saturated rings. The van der Waals surface area contributed by atoms with E-state index < -0.39 is 5.97 Å². The zero-order valence-corrected chi connectivity index (χ0v) is 11.6. The average Bonchev–Trinajstić information content (AvgIpc) is 2.29. The first-order chi connectivity index (χ1) is 8.88. The first-order valence-electron chi connectivity index (χ1n) is 6.04. The van der Waals surface area contributed by atoms with Crippen molar-refractivity contribution in [1.29, 1.82) is 0 Å². The van der Waals surface area contributed by atoms with Crippen molar-refractivity contribution in [1.82, 2.24) is 0 Å². The number of carbonyl (C=O) groups is 2. The molecule has 0 aliphatic rings. The number of hydrogen-bond donors (Lipinski definition) is 1. The summed E-state index contributed by atoms with van der Waals surface area (Å²) < 4.78 is 5.69. The summed E-state index contributed by atoms with van der Waals surface area (Å²) in [6, 6.07) is 1.72. The first-order valence-corrected chi connectivity index (χ1v) is 6.04. The number of aryl methyl sites for hydroxylation is 1. The quantitative estimate of drug-likeness (QED) is 0.654. The minimum Gasteiger partial charge on any atom is -0.490 e. The second-order valence-corrected chi connectivity index (χ2v) is 4.58. The van der Waals surface area contributed by atoms with Crippen LogP contribution in [0.25, 0.3) is 6.08 Å². The maximum atomic E-state index is 11.3. The summed E-state index contributed by atoms with van der Waals surface area (Å²) in [6.45, 7) is 7.18. The van der Waals surface area contributed by atoms with Gasteiger partial charge in [0.25, 0.3) is 0 Å². The van der Waals surface area contributed by atoms with Crippen LogP contribution in [0.4, 0.5) is 0 Å². The molecule has 0 aliphatic carbocycles. The smallest absolute Gasteiger partial charge is 0.336 e. The van der Waals surface area contributed by atoms with Gasteiger partial charge in [-0.15, -0.1) is 0 Å². The van der Waals surface area contributed by atoms with Crippen LogP contribution in [-0.2, 0) is 4.79 Å². The van der Waals surface area contributed by atoms with E-state index in [1.54, 1.807) is 26.0 Å². The highest BCUT2D eigenvalue weighted by molar-refractivity contribution is 5.93. The van der Waals surface area contributed by atoms with E-state index >= 15 is 0 Å². The normalized spacial score (nSPS) is 11.0. The molecule has 1 rings (SSSR count). The SMILES string of the molecule is Cc1cc(C=CC=O)c(OC(C)C)c(C)c1C(=O)O. The maximum absolute atomic E-state index is 11.3. The Morgan fingerprint density at radius 1 is 1.37 bits per heavy atom. The van der Waals surface area contributed by atoms with Crippen molar-refractivity contribution < 1.29 is 19.4 Å². The first kappa shape index (κ1) is 15.0. The molecule has 0 heterocycles. The molecule has 0 bridgehead atoms. The number of carboxylic acids is 1. The molecule has 0 unspecified atom stereocenters. The number of ether oxygens (including phenoxy) is 1. The number of carbonyl (C=O) groups excluding carboxylic acids is 1. The van der Waals surface area contributed by atoms with Crippen LogP contribution in [0.3, 0.4) is 0 Å². The van der Waals surface area contributed by atoms with Gasteiger partial charge in [-0.25, -0.2) is 4.79 Å². The molecular formula is C15H18O4. The highest BCUT2D eigenvalue weighted by Gasteiger charge is 2.18. The largest absolute Gasteiger partial charge is 0.490 e. The van der Waals surface area contributed by atoms with Crippen molar-refractivity contribution in [2.24, 2.45) is 0 Å². The Kier molecular flexibility index (Phi) is 4.87. The van der Waals surface area contributed by atoms with Gasteiger partial charge in [0.05, 0.1) is 11.7 Å². The van der Waals surface area contributed by atoms with Crippen LogP contribution in [0.2, 0.25) is 0 Å². The summed E-state index contributed by atoms with van der Waals surface area (Å²) in [5.41, 5.74) is 2.18. The lowest BCUT2D eigenvalue weighted by atomic mass is 9.97. The second-order valence-electron chi connectivity index (χ2n) is 4.58. The average molecular weight is 262 g/mol. The van der Waals surface area contributed by atoms with Gasteiger partial charge >= 0.3 is 5.97 Å². The number of rotatable bonds is 5. The van der Waals surface area contributed by atoms with Gasteiger partial charge in [0.1, 0.15) is 12.0 Å². The van der Waals surface area contributed by atoms with Crippen LogP contribution in [0.15, 0.2) is 12.1 Å². The summed E-state index contributed by atoms with van der Waals surface area (Å²) in [6.07, 6.45) is 3.58. The predicted octanol–water partition coefficient (Wildman–Crippen LogP) is 3.00. The Bertz CT molecular complexity index is 527. The molecule has 0 amide bonds. The Balaban J connectivity index is 3.51. The highest BCUT2D eigenvalue weighted by atomic mass is 16.5. The molecule has 0 aromatic heterocycles. The van der Waals surface area contributed by atoms with Crippen LogP contribution in [0, 0.1) is 13.8 Å². The highest BCUT2D eigenvalue weighted by Crippen LogP contribution is 2.31. The maximum Gasteiger partial charge on any atom is 0.336 e. The van der Waals surface area contributed by atoms with Crippen LogP contribution in [-0.4, -0.2) is 23.5 Å². The molecule has 4 heteroatoms. The number of benzene rings is 1. The van der Waals surface area contributed by atoms with E-state index in [1.165, 1.54) is 6.08 Å². The summed E-state index contributed by atoms with van der Waals surface area (Å²) in [5.74, 6) is -0.467. The number of aromatic carboxylic acids is 1. The summed E-state index contributed by atoms with van der Waals surface area (Å²) >= 11 is 0. The Morgan fingerprint density at radius 2 is 2.00 bits per heavy atom. The van der Waals surface area contributed by atoms with Gasteiger partial charge in [0, 0.05) is 11.1 Å². The van der Waals surface area contributed by atoms with Crippen molar-refractivity contribution in [3.05, 3.63) is 34.4 Å². The van der Waals surface area contributed by atoms with E-state index in [-0.39, 0.29) is 11.7 Å². The second kappa shape index (κ2) is 6.18. The number of aldehydes is 1. The molecule has 4 nitrogen and oxygen atoms in total. The Hall–Kier alpha value is -2.10. The minimum absolute atomic E-state index is 0.0774. The molecule has 1 N–H and O–H groups in total. The van der Waals surface area contributed by atoms with Crippen molar-refractivity contribution in [3.63, 3.8) is 0 Å². The molecule has 0 saturated heterocycles. The van der Waals surface area contributed by atoms with E-state index in [0.717, 1.165) is 0 Å². The van der Waals surface area contributed by atoms with Crippen molar-refractivity contribution in [2.75, 3.05) is 0 Å². The van der Waals surface area contributed by atoms with Gasteiger partial charge in [-0.1, -0.05) is 0 Å². The van der Waals surface area contributed by atoms with Gasteiger partial charge in [0.15, 0.2) is 0 Å². The third-order valence-corrected chi connectivity index (χ3v) is 2.67. The Labute approximate surface area is 112 Å². The molecule has 1 aromatic rings. The standard InChI is InChI=1S/C15H18O4/c1-9(2)19-14-11(4)13(15(17)18)10(3)8-12(14)6-5-7-16/h5-9H,1-4H3,(H,17,18). The molecule has 19 heavy (non-hydrogen) atoms. The van der Waals surface area contributed by atoms with Crippen LogP contribution < -0.4 is 4.74 Å². The zero-order valence-electron chi connectivity index (χ0n) is 11.6. The molecule has 1 aromatic carbocycles. The monoisotopic (exact) mass is 262 g/mol. The van der Waals surface area contributed by atoms with E-state index in [0.29, 0.717) is 28.7 Å². The minimum atomic E-state index is -0.977. The van der Waals surface area contributed by atoms with Gasteiger partial charge in [-0.05, 0) is 51.5 Å². The molecule has 0 atom stereocenters.